The van der Waals surface area contributed by atoms with Crippen LogP contribution < -0.4 is 0 Å². The lowest BCUT2D eigenvalue weighted by atomic mass is 10.2. The SMILES string of the molecule is N#C/C(=C\c1ccncc1)c1nc2cc(Cl)ccc2s1. The van der Waals surface area contributed by atoms with Gasteiger partial charge in [0.05, 0.1) is 15.8 Å². The first kappa shape index (κ1) is 12.8. The minimum absolute atomic E-state index is 0.536. The van der Waals surface area contributed by atoms with E-state index in [2.05, 4.69) is 16.0 Å². The molecule has 96 valence electrons. The maximum absolute atomic E-state index is 9.33. The minimum atomic E-state index is 0.536. The van der Waals surface area contributed by atoms with Crippen molar-refractivity contribution in [2.45, 2.75) is 0 Å². The van der Waals surface area contributed by atoms with Crippen LogP contribution in [0.25, 0.3) is 21.9 Å². The molecule has 20 heavy (non-hydrogen) atoms. The normalized spacial score (nSPS) is 11.5. The average Bonchev–Trinajstić information content (AvgIpc) is 2.88. The summed E-state index contributed by atoms with van der Waals surface area (Å²) in [4.78, 5) is 8.42. The number of halogens is 1. The molecule has 3 nitrogen and oxygen atoms in total. The molecule has 0 saturated carbocycles. The van der Waals surface area contributed by atoms with Crippen LogP contribution in [-0.4, -0.2) is 9.97 Å². The number of rotatable bonds is 2. The maximum Gasteiger partial charge on any atom is 0.135 e. The lowest BCUT2D eigenvalue weighted by Crippen LogP contribution is -1.80. The number of thiazole rings is 1. The van der Waals surface area contributed by atoms with Crippen LogP contribution in [0.3, 0.4) is 0 Å². The molecule has 0 bridgehead atoms. The van der Waals surface area contributed by atoms with E-state index < -0.39 is 0 Å². The molecule has 2 aromatic heterocycles. The summed E-state index contributed by atoms with van der Waals surface area (Å²) in [5.74, 6) is 0. The van der Waals surface area contributed by atoms with Crippen molar-refractivity contribution in [2.24, 2.45) is 0 Å². The van der Waals surface area contributed by atoms with Crippen molar-refractivity contribution in [3.8, 4) is 6.07 Å². The fourth-order valence-corrected chi connectivity index (χ4v) is 2.86. The van der Waals surface area contributed by atoms with Crippen LogP contribution in [0.2, 0.25) is 5.02 Å². The van der Waals surface area contributed by atoms with E-state index in [9.17, 15) is 5.26 Å². The number of hydrogen-bond donors (Lipinski definition) is 0. The molecule has 0 unspecified atom stereocenters. The Labute approximate surface area is 124 Å². The van der Waals surface area contributed by atoms with Crippen LogP contribution in [0.1, 0.15) is 10.6 Å². The number of pyridine rings is 1. The second-order valence-corrected chi connectivity index (χ2v) is 5.55. The maximum atomic E-state index is 9.33. The Morgan fingerprint density at radius 3 is 2.80 bits per heavy atom. The van der Waals surface area contributed by atoms with Gasteiger partial charge in [-0.05, 0) is 42.0 Å². The Bertz CT molecular complexity index is 831. The number of benzene rings is 1. The topological polar surface area (TPSA) is 49.6 Å². The van der Waals surface area contributed by atoms with E-state index in [1.807, 2.05) is 24.3 Å². The van der Waals surface area contributed by atoms with Gasteiger partial charge in [-0.3, -0.25) is 4.98 Å². The highest BCUT2D eigenvalue weighted by Crippen LogP contribution is 2.29. The Hall–Kier alpha value is -2.22. The molecule has 0 amide bonds. The highest BCUT2D eigenvalue weighted by atomic mass is 35.5. The standard InChI is InChI=1S/C15H8ClN3S/c16-12-1-2-14-13(8-12)19-15(20-14)11(9-17)7-10-3-5-18-6-4-10/h1-8H/b11-7+. The first-order valence-electron chi connectivity index (χ1n) is 5.84. The van der Waals surface area contributed by atoms with Gasteiger partial charge in [0.25, 0.3) is 0 Å². The molecule has 0 N–H and O–H groups in total. The molecule has 0 saturated heterocycles. The molecular formula is C15H8ClN3S. The van der Waals surface area contributed by atoms with Gasteiger partial charge in [0.1, 0.15) is 11.1 Å². The third kappa shape index (κ3) is 2.55. The highest BCUT2D eigenvalue weighted by molar-refractivity contribution is 7.19. The number of fused-ring (bicyclic) bond motifs is 1. The average molecular weight is 298 g/mol. The molecule has 1 aromatic carbocycles. The fraction of sp³-hybridized carbons (Fsp3) is 0. The van der Waals surface area contributed by atoms with E-state index in [-0.39, 0.29) is 0 Å². The summed E-state index contributed by atoms with van der Waals surface area (Å²) < 4.78 is 1.01. The quantitative estimate of drug-likeness (QED) is 0.658. The Balaban J connectivity index is 2.08. The molecule has 0 aliphatic heterocycles. The Morgan fingerprint density at radius 2 is 2.05 bits per heavy atom. The van der Waals surface area contributed by atoms with Gasteiger partial charge in [0.2, 0.25) is 0 Å². The van der Waals surface area contributed by atoms with Gasteiger partial charge in [0.15, 0.2) is 0 Å². The molecule has 0 aliphatic rings. The first-order valence-corrected chi connectivity index (χ1v) is 7.04. The first-order chi connectivity index (χ1) is 9.76. The number of aromatic nitrogens is 2. The van der Waals surface area contributed by atoms with Gasteiger partial charge in [-0.2, -0.15) is 5.26 Å². The van der Waals surface area contributed by atoms with Gasteiger partial charge in [0, 0.05) is 17.4 Å². The molecule has 3 aromatic rings. The molecule has 0 atom stereocenters. The van der Waals surface area contributed by atoms with Crippen molar-refractivity contribution in [3.05, 3.63) is 58.3 Å². The van der Waals surface area contributed by atoms with E-state index in [4.69, 9.17) is 11.6 Å². The van der Waals surface area contributed by atoms with Crippen LogP contribution in [0, 0.1) is 11.3 Å². The van der Waals surface area contributed by atoms with Crippen molar-refractivity contribution >= 4 is 44.8 Å². The summed E-state index contributed by atoms with van der Waals surface area (Å²) in [5, 5.41) is 10.7. The molecule has 0 radical (unpaired) electrons. The number of allylic oxidation sites excluding steroid dienone is 1. The largest absolute Gasteiger partial charge is 0.265 e. The Kier molecular flexibility index (Phi) is 3.46. The van der Waals surface area contributed by atoms with Crippen molar-refractivity contribution < 1.29 is 0 Å². The van der Waals surface area contributed by atoms with Crippen molar-refractivity contribution in [1.29, 1.82) is 5.26 Å². The zero-order valence-electron chi connectivity index (χ0n) is 10.2. The van der Waals surface area contributed by atoms with Gasteiger partial charge in [-0.25, -0.2) is 4.98 Å². The predicted molar refractivity (Wildman–Crippen MR) is 82.4 cm³/mol. The van der Waals surface area contributed by atoms with Crippen molar-refractivity contribution in [3.63, 3.8) is 0 Å². The van der Waals surface area contributed by atoms with E-state index in [1.54, 1.807) is 24.5 Å². The second-order valence-electron chi connectivity index (χ2n) is 4.08. The summed E-state index contributed by atoms with van der Waals surface area (Å²) in [7, 11) is 0. The van der Waals surface area contributed by atoms with E-state index in [0.717, 1.165) is 15.8 Å². The summed E-state index contributed by atoms with van der Waals surface area (Å²) >= 11 is 7.43. The van der Waals surface area contributed by atoms with Crippen LogP contribution in [0.15, 0.2) is 42.7 Å². The van der Waals surface area contributed by atoms with Gasteiger partial charge < -0.3 is 0 Å². The number of nitriles is 1. The second kappa shape index (κ2) is 5.41. The van der Waals surface area contributed by atoms with Crippen molar-refractivity contribution in [2.75, 3.05) is 0 Å². The van der Waals surface area contributed by atoms with Crippen LogP contribution in [0.4, 0.5) is 0 Å². The van der Waals surface area contributed by atoms with E-state index in [1.165, 1.54) is 11.3 Å². The Morgan fingerprint density at radius 1 is 1.25 bits per heavy atom. The van der Waals surface area contributed by atoms with Gasteiger partial charge >= 0.3 is 0 Å². The molecule has 2 heterocycles. The molecule has 5 heteroatoms. The minimum Gasteiger partial charge on any atom is -0.265 e. The summed E-state index contributed by atoms with van der Waals surface area (Å²) in [6.45, 7) is 0. The zero-order chi connectivity index (χ0) is 13.9. The van der Waals surface area contributed by atoms with Gasteiger partial charge in [-0.1, -0.05) is 11.6 Å². The van der Waals surface area contributed by atoms with Crippen LogP contribution in [0.5, 0.6) is 0 Å². The lowest BCUT2D eigenvalue weighted by Gasteiger charge is -1.93. The monoisotopic (exact) mass is 297 g/mol. The zero-order valence-corrected chi connectivity index (χ0v) is 11.8. The number of hydrogen-bond acceptors (Lipinski definition) is 4. The number of nitrogens with zero attached hydrogens (tertiary/aromatic N) is 3. The third-order valence-electron chi connectivity index (χ3n) is 2.72. The van der Waals surface area contributed by atoms with Gasteiger partial charge in [-0.15, -0.1) is 11.3 Å². The van der Waals surface area contributed by atoms with Crippen LogP contribution in [-0.2, 0) is 0 Å². The molecule has 3 rings (SSSR count). The fourth-order valence-electron chi connectivity index (χ4n) is 1.78. The van der Waals surface area contributed by atoms with Crippen LogP contribution >= 0.6 is 22.9 Å². The molecule has 0 aliphatic carbocycles. The predicted octanol–water partition coefficient (Wildman–Crippen LogP) is 4.41. The molecular weight excluding hydrogens is 290 g/mol. The molecule has 0 fully saturated rings. The summed E-state index contributed by atoms with van der Waals surface area (Å²) in [6, 6.07) is 11.4. The summed E-state index contributed by atoms with van der Waals surface area (Å²) in [6.07, 6.45) is 5.19. The van der Waals surface area contributed by atoms with E-state index in [0.29, 0.717) is 15.6 Å². The van der Waals surface area contributed by atoms with E-state index >= 15 is 0 Å². The molecule has 0 spiro atoms. The highest BCUT2D eigenvalue weighted by Gasteiger charge is 2.09. The third-order valence-corrected chi connectivity index (χ3v) is 4.02. The smallest absolute Gasteiger partial charge is 0.135 e. The lowest BCUT2D eigenvalue weighted by molar-refractivity contribution is 1.32. The summed E-state index contributed by atoms with van der Waals surface area (Å²) in [5.41, 5.74) is 2.27. The van der Waals surface area contributed by atoms with Crippen molar-refractivity contribution in [1.82, 2.24) is 9.97 Å².